The van der Waals surface area contributed by atoms with Gasteiger partial charge in [-0.2, -0.15) is 5.26 Å². The molecule has 0 N–H and O–H groups in total. The molecule has 0 unspecified atom stereocenters. The molecule has 1 aromatic rings. The van der Waals surface area contributed by atoms with Gasteiger partial charge in [0.2, 0.25) is 0 Å². The fraction of sp³-hybridized carbons (Fsp3) is 0.467. The van der Waals surface area contributed by atoms with E-state index in [1.54, 1.807) is 18.2 Å². The fourth-order valence-electron chi connectivity index (χ4n) is 1.81. The van der Waals surface area contributed by atoms with Crippen LogP contribution >= 0.6 is 15.9 Å². The van der Waals surface area contributed by atoms with Crippen LogP contribution in [0.2, 0.25) is 0 Å². The Morgan fingerprint density at radius 2 is 2.00 bits per heavy atom. The van der Waals surface area contributed by atoms with E-state index in [-0.39, 0.29) is 5.78 Å². The van der Waals surface area contributed by atoms with Crippen LogP contribution in [0.3, 0.4) is 0 Å². The molecule has 0 bridgehead atoms. The molecular weight excluding hydrogens is 290 g/mol. The van der Waals surface area contributed by atoms with Gasteiger partial charge in [-0.15, -0.1) is 0 Å². The van der Waals surface area contributed by atoms with E-state index in [0.717, 1.165) is 12.8 Å². The van der Waals surface area contributed by atoms with Crippen LogP contribution < -0.4 is 0 Å². The number of rotatable bonds is 7. The molecule has 0 aliphatic heterocycles. The lowest BCUT2D eigenvalue weighted by Gasteiger charge is -2.03. The normalized spacial score (nSPS) is 10.1. The van der Waals surface area contributed by atoms with Crippen LogP contribution in [-0.2, 0) is 0 Å². The highest BCUT2D eigenvalue weighted by Gasteiger charge is 2.08. The van der Waals surface area contributed by atoms with Crippen molar-refractivity contribution in [3.8, 4) is 6.07 Å². The Balaban J connectivity index is 2.47. The molecule has 0 radical (unpaired) electrons. The minimum Gasteiger partial charge on any atom is -0.294 e. The van der Waals surface area contributed by atoms with Gasteiger partial charge >= 0.3 is 0 Å². The number of benzene rings is 1. The van der Waals surface area contributed by atoms with Gasteiger partial charge in [0.15, 0.2) is 5.78 Å². The summed E-state index contributed by atoms with van der Waals surface area (Å²) >= 11 is 3.30. The van der Waals surface area contributed by atoms with Gasteiger partial charge in [0.25, 0.3) is 0 Å². The quantitative estimate of drug-likeness (QED) is 0.533. The second kappa shape index (κ2) is 8.05. The van der Waals surface area contributed by atoms with Crippen molar-refractivity contribution in [3.05, 3.63) is 33.8 Å². The lowest BCUT2D eigenvalue weighted by molar-refractivity contribution is 0.0979. The number of Topliss-reactive ketones (excluding diaryl/α,β-unsaturated/α-hetero) is 1. The predicted octanol–water partition coefficient (Wildman–Crippen LogP) is 4.86. The molecule has 1 aromatic carbocycles. The van der Waals surface area contributed by atoms with Crippen molar-refractivity contribution in [1.82, 2.24) is 0 Å². The molecule has 0 heterocycles. The zero-order chi connectivity index (χ0) is 13.4. The van der Waals surface area contributed by atoms with E-state index in [2.05, 4.69) is 28.9 Å². The first kappa shape index (κ1) is 14.9. The lowest BCUT2D eigenvalue weighted by Crippen LogP contribution is -1.99. The highest BCUT2D eigenvalue weighted by Crippen LogP contribution is 2.19. The van der Waals surface area contributed by atoms with Gasteiger partial charge in [-0.1, -0.05) is 38.7 Å². The summed E-state index contributed by atoms with van der Waals surface area (Å²) in [4.78, 5) is 11.9. The van der Waals surface area contributed by atoms with Crippen LogP contribution in [-0.4, -0.2) is 5.78 Å². The Morgan fingerprint density at radius 1 is 1.28 bits per heavy atom. The van der Waals surface area contributed by atoms with E-state index < -0.39 is 0 Å². The van der Waals surface area contributed by atoms with Crippen molar-refractivity contribution in [2.24, 2.45) is 0 Å². The number of unbranched alkanes of at least 4 members (excludes halogenated alkanes) is 4. The van der Waals surface area contributed by atoms with Crippen molar-refractivity contribution in [2.75, 3.05) is 0 Å². The van der Waals surface area contributed by atoms with Crippen LogP contribution in [0.1, 0.15) is 61.4 Å². The molecule has 0 saturated carbocycles. The van der Waals surface area contributed by atoms with E-state index in [0.29, 0.717) is 22.0 Å². The second-order valence-corrected chi connectivity index (χ2v) is 5.25. The summed E-state index contributed by atoms with van der Waals surface area (Å²) in [6.45, 7) is 2.18. The summed E-state index contributed by atoms with van der Waals surface area (Å²) in [6, 6.07) is 7.24. The molecule has 0 atom stereocenters. The van der Waals surface area contributed by atoms with Crippen molar-refractivity contribution < 1.29 is 4.79 Å². The van der Waals surface area contributed by atoms with E-state index in [4.69, 9.17) is 5.26 Å². The van der Waals surface area contributed by atoms with Gasteiger partial charge in [0.05, 0.1) is 5.56 Å². The third kappa shape index (κ3) is 4.62. The summed E-state index contributed by atoms with van der Waals surface area (Å²) in [7, 11) is 0. The molecule has 0 aliphatic rings. The van der Waals surface area contributed by atoms with Gasteiger partial charge in [0, 0.05) is 16.5 Å². The van der Waals surface area contributed by atoms with Gasteiger partial charge < -0.3 is 0 Å². The highest BCUT2D eigenvalue weighted by molar-refractivity contribution is 9.10. The van der Waals surface area contributed by atoms with Crippen LogP contribution in [0.5, 0.6) is 0 Å². The molecule has 2 nitrogen and oxygen atoms in total. The molecule has 1 rings (SSSR count). The maximum atomic E-state index is 11.9. The molecule has 3 heteroatoms. The van der Waals surface area contributed by atoms with E-state index in [1.165, 1.54) is 19.3 Å². The summed E-state index contributed by atoms with van der Waals surface area (Å²) in [5, 5.41) is 8.81. The first-order valence-electron chi connectivity index (χ1n) is 6.42. The first-order chi connectivity index (χ1) is 8.69. The number of halogens is 1. The van der Waals surface area contributed by atoms with E-state index >= 15 is 0 Å². The topological polar surface area (TPSA) is 40.9 Å². The zero-order valence-electron chi connectivity index (χ0n) is 10.7. The third-order valence-electron chi connectivity index (χ3n) is 2.92. The average molecular weight is 308 g/mol. The Kier molecular flexibility index (Phi) is 6.67. The van der Waals surface area contributed by atoms with Crippen LogP contribution in [0.25, 0.3) is 0 Å². The summed E-state index contributed by atoms with van der Waals surface area (Å²) < 4.78 is 0.696. The standard InChI is InChI=1S/C15H18BrNO/c1-2-3-4-5-6-7-15(18)12-8-9-13(11-17)14(16)10-12/h8-10H,2-7H2,1H3. The van der Waals surface area contributed by atoms with Crippen LogP contribution in [0.4, 0.5) is 0 Å². The monoisotopic (exact) mass is 307 g/mol. The van der Waals surface area contributed by atoms with Crippen molar-refractivity contribution in [1.29, 1.82) is 5.26 Å². The van der Waals surface area contributed by atoms with E-state index in [1.807, 2.05) is 0 Å². The molecule has 0 aromatic heterocycles. The highest BCUT2D eigenvalue weighted by atomic mass is 79.9. The van der Waals surface area contributed by atoms with E-state index in [9.17, 15) is 4.79 Å². The Bertz CT molecular complexity index is 448. The van der Waals surface area contributed by atoms with Crippen LogP contribution in [0, 0.1) is 11.3 Å². The number of carbonyl (C=O) groups is 1. The summed E-state index contributed by atoms with van der Waals surface area (Å²) in [5.41, 5.74) is 1.26. The first-order valence-corrected chi connectivity index (χ1v) is 7.21. The molecule has 18 heavy (non-hydrogen) atoms. The number of carbonyl (C=O) groups excluding carboxylic acids is 1. The number of ketones is 1. The average Bonchev–Trinajstić information content (AvgIpc) is 2.38. The number of nitriles is 1. The second-order valence-electron chi connectivity index (χ2n) is 4.39. The van der Waals surface area contributed by atoms with Crippen molar-refractivity contribution in [2.45, 2.75) is 45.4 Å². The maximum Gasteiger partial charge on any atom is 0.162 e. The fourth-order valence-corrected chi connectivity index (χ4v) is 2.28. The molecule has 0 fully saturated rings. The predicted molar refractivity (Wildman–Crippen MR) is 76.6 cm³/mol. The largest absolute Gasteiger partial charge is 0.294 e. The Morgan fingerprint density at radius 3 is 2.61 bits per heavy atom. The van der Waals surface area contributed by atoms with Gasteiger partial charge in [-0.3, -0.25) is 4.79 Å². The maximum absolute atomic E-state index is 11.9. The van der Waals surface area contributed by atoms with Crippen molar-refractivity contribution >= 4 is 21.7 Å². The van der Waals surface area contributed by atoms with Crippen molar-refractivity contribution in [3.63, 3.8) is 0 Å². The third-order valence-corrected chi connectivity index (χ3v) is 3.57. The molecule has 0 aliphatic carbocycles. The Hall–Kier alpha value is -1.14. The van der Waals surface area contributed by atoms with Gasteiger partial charge in [0.1, 0.15) is 6.07 Å². The summed E-state index contributed by atoms with van der Waals surface area (Å²) in [6.07, 6.45) is 6.35. The van der Waals surface area contributed by atoms with Gasteiger partial charge in [-0.05, 0) is 34.5 Å². The number of hydrogen-bond acceptors (Lipinski definition) is 2. The zero-order valence-corrected chi connectivity index (χ0v) is 12.3. The van der Waals surface area contributed by atoms with Crippen LogP contribution in [0.15, 0.2) is 22.7 Å². The molecule has 0 amide bonds. The number of nitrogens with zero attached hydrogens (tertiary/aromatic N) is 1. The smallest absolute Gasteiger partial charge is 0.162 e. The molecule has 96 valence electrons. The SMILES string of the molecule is CCCCCCCC(=O)c1ccc(C#N)c(Br)c1. The molecule has 0 saturated heterocycles. The minimum absolute atomic E-state index is 0.164. The minimum atomic E-state index is 0.164. The Labute approximate surface area is 117 Å². The summed E-state index contributed by atoms with van der Waals surface area (Å²) in [5.74, 6) is 0.164. The van der Waals surface area contributed by atoms with Gasteiger partial charge in [-0.25, -0.2) is 0 Å². The number of hydrogen-bond donors (Lipinski definition) is 0. The molecular formula is C15H18BrNO. The lowest BCUT2D eigenvalue weighted by atomic mass is 10.0. The molecule has 0 spiro atoms.